The van der Waals surface area contributed by atoms with Gasteiger partial charge in [0.25, 0.3) is 0 Å². The highest BCUT2D eigenvalue weighted by molar-refractivity contribution is 5.44. The van der Waals surface area contributed by atoms with Crippen LogP contribution in [0.4, 0.5) is 13.2 Å². The average molecular weight is 323 g/mol. The fourth-order valence-corrected chi connectivity index (χ4v) is 2.16. The van der Waals surface area contributed by atoms with Crippen LogP contribution in [0, 0.1) is 0 Å². The monoisotopic (exact) mass is 323 g/mol. The van der Waals surface area contributed by atoms with Gasteiger partial charge in [0.15, 0.2) is 11.5 Å². The van der Waals surface area contributed by atoms with E-state index in [-0.39, 0.29) is 18.5 Å². The number of hydrogen-bond donors (Lipinski definition) is 1. The molecular weight excluding hydrogens is 307 g/mol. The Morgan fingerprint density at radius 1 is 1.00 bits per heavy atom. The van der Waals surface area contributed by atoms with Gasteiger partial charge in [0.05, 0.1) is 5.56 Å². The average Bonchev–Trinajstić information content (AvgIpc) is 2.49. The van der Waals surface area contributed by atoms with E-state index in [9.17, 15) is 13.2 Å². The molecule has 0 radical (unpaired) electrons. The summed E-state index contributed by atoms with van der Waals surface area (Å²) >= 11 is 0. The quantitative estimate of drug-likeness (QED) is 0.911. The predicted octanol–water partition coefficient (Wildman–Crippen LogP) is 3.64. The lowest BCUT2D eigenvalue weighted by atomic mass is 10.1. The van der Waals surface area contributed by atoms with E-state index in [0.717, 1.165) is 17.7 Å². The van der Waals surface area contributed by atoms with Crippen molar-refractivity contribution in [2.75, 3.05) is 13.1 Å². The van der Waals surface area contributed by atoms with Gasteiger partial charge in [-0.05, 0) is 23.8 Å². The van der Waals surface area contributed by atoms with E-state index < -0.39 is 11.7 Å². The van der Waals surface area contributed by atoms with Crippen LogP contribution >= 0.6 is 0 Å². The van der Waals surface area contributed by atoms with E-state index >= 15 is 0 Å². The Morgan fingerprint density at radius 3 is 2.35 bits per heavy atom. The summed E-state index contributed by atoms with van der Waals surface area (Å²) in [6.07, 6.45) is -4.54. The molecule has 1 aliphatic heterocycles. The van der Waals surface area contributed by atoms with Gasteiger partial charge in [0.1, 0.15) is 12.7 Å². The molecule has 2 aromatic carbocycles. The van der Waals surface area contributed by atoms with Gasteiger partial charge in [-0.1, -0.05) is 30.3 Å². The van der Waals surface area contributed by atoms with Crippen LogP contribution in [0.3, 0.4) is 0 Å². The Hall–Kier alpha value is -2.21. The molecule has 23 heavy (non-hydrogen) atoms. The number of benzene rings is 2. The maximum absolute atomic E-state index is 12.9. The molecule has 0 saturated carbocycles. The fraction of sp³-hybridized carbons (Fsp3) is 0.294. The van der Waals surface area contributed by atoms with Crippen molar-refractivity contribution in [1.82, 2.24) is 5.32 Å². The molecule has 0 aliphatic carbocycles. The molecule has 2 aromatic rings. The minimum Gasteiger partial charge on any atom is -0.485 e. The molecule has 0 bridgehead atoms. The lowest BCUT2D eigenvalue weighted by molar-refractivity contribution is -0.137. The number of ether oxygens (including phenoxy) is 2. The maximum Gasteiger partial charge on any atom is 0.416 e. The summed E-state index contributed by atoms with van der Waals surface area (Å²) in [4.78, 5) is 0. The van der Waals surface area contributed by atoms with Crippen molar-refractivity contribution in [1.29, 1.82) is 0 Å². The zero-order valence-electron chi connectivity index (χ0n) is 12.3. The van der Waals surface area contributed by atoms with Crippen molar-refractivity contribution in [2.45, 2.75) is 18.9 Å². The number of halogens is 3. The first kappa shape index (κ1) is 15.7. The molecule has 1 fully saturated rings. The fourth-order valence-electron chi connectivity index (χ4n) is 2.16. The zero-order valence-corrected chi connectivity index (χ0v) is 12.3. The number of nitrogens with one attached hydrogen (secondary N) is 1. The highest BCUT2D eigenvalue weighted by Crippen LogP contribution is 2.37. The molecule has 1 aliphatic rings. The van der Waals surface area contributed by atoms with Crippen LogP contribution in [-0.4, -0.2) is 19.2 Å². The first-order chi connectivity index (χ1) is 11.0. The van der Waals surface area contributed by atoms with E-state index in [4.69, 9.17) is 9.47 Å². The second-order valence-corrected chi connectivity index (χ2v) is 5.33. The van der Waals surface area contributed by atoms with Gasteiger partial charge in [-0.2, -0.15) is 13.2 Å². The van der Waals surface area contributed by atoms with Crippen LogP contribution in [-0.2, 0) is 12.8 Å². The van der Waals surface area contributed by atoms with Crippen LogP contribution in [0.1, 0.15) is 11.1 Å². The molecule has 122 valence electrons. The predicted molar refractivity (Wildman–Crippen MR) is 79.5 cm³/mol. The first-order valence-corrected chi connectivity index (χ1v) is 7.28. The van der Waals surface area contributed by atoms with E-state index in [1.165, 1.54) is 6.07 Å². The van der Waals surface area contributed by atoms with E-state index in [0.29, 0.717) is 18.8 Å². The third-order valence-corrected chi connectivity index (χ3v) is 3.55. The van der Waals surface area contributed by atoms with Crippen molar-refractivity contribution in [2.24, 2.45) is 0 Å². The van der Waals surface area contributed by atoms with Gasteiger partial charge < -0.3 is 14.8 Å². The van der Waals surface area contributed by atoms with Crippen LogP contribution in [0.5, 0.6) is 11.5 Å². The summed E-state index contributed by atoms with van der Waals surface area (Å²) in [5, 5.41) is 3.02. The largest absolute Gasteiger partial charge is 0.485 e. The third-order valence-electron chi connectivity index (χ3n) is 3.55. The summed E-state index contributed by atoms with van der Waals surface area (Å²) in [6.45, 7) is 1.51. The second-order valence-electron chi connectivity index (χ2n) is 5.33. The Labute approximate surface area is 132 Å². The minimum absolute atomic E-state index is 0.127. The van der Waals surface area contributed by atoms with E-state index in [1.807, 2.05) is 30.3 Å². The Balaban J connectivity index is 1.79. The van der Waals surface area contributed by atoms with E-state index in [2.05, 4.69) is 5.32 Å². The summed E-state index contributed by atoms with van der Waals surface area (Å²) in [6, 6.07) is 12.7. The summed E-state index contributed by atoms with van der Waals surface area (Å²) in [7, 11) is 0. The maximum atomic E-state index is 12.9. The van der Waals surface area contributed by atoms with Crippen molar-refractivity contribution in [3.63, 3.8) is 0 Å². The van der Waals surface area contributed by atoms with Crippen molar-refractivity contribution >= 4 is 0 Å². The molecule has 0 aromatic heterocycles. The van der Waals surface area contributed by atoms with Crippen LogP contribution in [0.15, 0.2) is 48.5 Å². The van der Waals surface area contributed by atoms with Gasteiger partial charge in [-0.25, -0.2) is 0 Å². The first-order valence-electron chi connectivity index (χ1n) is 7.28. The molecule has 1 heterocycles. The lowest BCUT2D eigenvalue weighted by Gasteiger charge is -2.29. The smallest absolute Gasteiger partial charge is 0.416 e. The number of hydrogen-bond acceptors (Lipinski definition) is 3. The van der Waals surface area contributed by atoms with Crippen molar-refractivity contribution in [3.05, 3.63) is 59.7 Å². The standard InChI is InChI=1S/C17H16F3NO2/c18-17(19,20)13-6-7-15(16(8-13)23-14-9-21-10-14)22-11-12-4-2-1-3-5-12/h1-8,14,21H,9-11H2. The molecule has 1 N–H and O–H groups in total. The molecule has 0 unspecified atom stereocenters. The topological polar surface area (TPSA) is 30.5 Å². The number of rotatable bonds is 5. The van der Waals surface area contributed by atoms with Gasteiger partial charge in [0, 0.05) is 13.1 Å². The third kappa shape index (κ3) is 3.96. The molecule has 0 atom stereocenters. The summed E-state index contributed by atoms with van der Waals surface area (Å²) in [5.41, 5.74) is 0.190. The van der Waals surface area contributed by atoms with Crippen molar-refractivity contribution in [3.8, 4) is 11.5 Å². The summed E-state index contributed by atoms with van der Waals surface area (Å²) < 4.78 is 49.9. The molecule has 3 rings (SSSR count). The Kier molecular flexibility index (Phi) is 4.43. The Morgan fingerprint density at radius 2 is 1.74 bits per heavy atom. The number of alkyl halides is 3. The highest BCUT2D eigenvalue weighted by atomic mass is 19.4. The highest BCUT2D eigenvalue weighted by Gasteiger charge is 2.32. The SMILES string of the molecule is FC(F)(F)c1ccc(OCc2ccccc2)c(OC2CNC2)c1. The van der Waals surface area contributed by atoms with E-state index in [1.54, 1.807) is 0 Å². The van der Waals surface area contributed by atoms with Gasteiger partial charge in [-0.15, -0.1) is 0 Å². The second kappa shape index (κ2) is 6.50. The van der Waals surface area contributed by atoms with Gasteiger partial charge >= 0.3 is 6.18 Å². The molecule has 0 amide bonds. The molecular formula is C17H16F3NO2. The van der Waals surface area contributed by atoms with Crippen LogP contribution < -0.4 is 14.8 Å². The molecule has 1 saturated heterocycles. The Bertz CT molecular complexity index is 655. The van der Waals surface area contributed by atoms with Crippen molar-refractivity contribution < 1.29 is 22.6 Å². The van der Waals surface area contributed by atoms with Gasteiger partial charge in [-0.3, -0.25) is 0 Å². The normalized spacial score (nSPS) is 15.1. The zero-order chi connectivity index (χ0) is 16.3. The lowest BCUT2D eigenvalue weighted by Crippen LogP contribution is -2.50. The van der Waals surface area contributed by atoms with Gasteiger partial charge in [0.2, 0.25) is 0 Å². The minimum atomic E-state index is -4.41. The molecule has 6 heteroatoms. The van der Waals surface area contributed by atoms with Crippen LogP contribution in [0.25, 0.3) is 0 Å². The molecule has 0 spiro atoms. The molecule has 3 nitrogen and oxygen atoms in total. The summed E-state index contributed by atoms with van der Waals surface area (Å²) in [5.74, 6) is 0.441. The van der Waals surface area contributed by atoms with Crippen LogP contribution in [0.2, 0.25) is 0 Å².